The summed E-state index contributed by atoms with van der Waals surface area (Å²) in [4.78, 5) is 61.9. The molecule has 2 amide bonds. The normalized spacial score (nSPS) is 21.6. The monoisotopic (exact) mass is 655 g/mol. The number of halogens is 1. The average molecular weight is 656 g/mol. The van der Waals surface area contributed by atoms with Crippen LogP contribution in [0.4, 0.5) is 5.13 Å². The lowest BCUT2D eigenvalue weighted by atomic mass is 9.89. The largest absolute Gasteiger partial charge is 0.427 e. The number of thioether (sulfide) groups is 1. The van der Waals surface area contributed by atoms with E-state index in [-0.39, 0.29) is 48.1 Å². The van der Waals surface area contributed by atoms with Crippen molar-refractivity contribution in [2.24, 2.45) is 21.7 Å². The van der Waals surface area contributed by atoms with Crippen LogP contribution in [0.5, 0.6) is 0 Å². The number of rotatable bonds is 10. The Morgan fingerprint density at radius 2 is 1.86 bits per heavy atom. The third kappa shape index (κ3) is 7.93. The van der Waals surface area contributed by atoms with Gasteiger partial charge in [0.15, 0.2) is 5.13 Å². The first kappa shape index (κ1) is 34.0. The van der Waals surface area contributed by atoms with E-state index in [0.717, 1.165) is 22.7 Å². The Bertz CT molecular complexity index is 1380. The summed E-state index contributed by atoms with van der Waals surface area (Å²) in [6.45, 7) is 6.79. The second kappa shape index (κ2) is 13.9. The highest BCUT2D eigenvalue weighted by Gasteiger charge is 2.56. The molecule has 14 nitrogen and oxygen atoms in total. The summed E-state index contributed by atoms with van der Waals surface area (Å²) in [7, 11) is 0. The van der Waals surface area contributed by atoms with Crippen molar-refractivity contribution < 1.29 is 33.5 Å². The molecule has 0 aliphatic carbocycles. The summed E-state index contributed by atoms with van der Waals surface area (Å²) in [6.07, 6.45) is 0. The zero-order chi connectivity index (χ0) is 30.7. The lowest BCUT2D eigenvalue weighted by molar-refractivity contribution is -0.180. The number of fused-ring (bicyclic) bond motifs is 1. The number of esters is 2. The number of carbonyl (C=O) groups is 4. The van der Waals surface area contributed by atoms with Crippen LogP contribution in [0, 0.1) is 10.8 Å². The van der Waals surface area contributed by atoms with Gasteiger partial charge in [-0.25, -0.2) is 0 Å². The summed E-state index contributed by atoms with van der Waals surface area (Å²) >= 11 is 2.22. The number of hydrogen-bond donors (Lipinski definition) is 3. The van der Waals surface area contributed by atoms with Crippen molar-refractivity contribution in [2.45, 2.75) is 52.3 Å². The van der Waals surface area contributed by atoms with Crippen molar-refractivity contribution in [3.63, 3.8) is 0 Å². The molecule has 2 aliphatic rings. The first-order chi connectivity index (χ1) is 19.8. The van der Waals surface area contributed by atoms with Gasteiger partial charge in [0.25, 0.3) is 5.91 Å². The van der Waals surface area contributed by atoms with Gasteiger partial charge in [-0.15, -0.1) is 24.2 Å². The van der Waals surface area contributed by atoms with Gasteiger partial charge in [-0.3, -0.25) is 19.2 Å². The zero-order valence-electron chi connectivity index (χ0n) is 24.0. The number of anilines is 1. The number of oxime groups is 1. The van der Waals surface area contributed by atoms with E-state index in [1.807, 2.05) is 24.3 Å². The van der Waals surface area contributed by atoms with Crippen LogP contribution in [0.2, 0.25) is 0 Å². The molecule has 3 atom stereocenters. The lowest BCUT2D eigenvalue weighted by Gasteiger charge is -2.53. The number of carbonyl (C=O) groups excluding carboxylic acids is 4. The minimum atomic E-state index is -1.02. The van der Waals surface area contributed by atoms with E-state index in [1.165, 1.54) is 16.7 Å². The molecular formula is C26H34ClN7O7S2. The van der Waals surface area contributed by atoms with Gasteiger partial charge in [0.05, 0.1) is 10.8 Å². The molecule has 1 aromatic heterocycles. The van der Waals surface area contributed by atoms with E-state index < -0.39 is 46.9 Å². The summed E-state index contributed by atoms with van der Waals surface area (Å²) in [5.41, 5.74) is 11.1. The number of hydrogen-bond acceptors (Lipinski definition) is 14. The first-order valence-corrected chi connectivity index (χ1v) is 14.8. The maximum atomic E-state index is 13.2. The molecule has 0 spiro atoms. The van der Waals surface area contributed by atoms with E-state index in [9.17, 15) is 19.2 Å². The van der Waals surface area contributed by atoms with Crippen LogP contribution in [0.15, 0.2) is 29.4 Å². The molecule has 2 unspecified atom stereocenters. The van der Waals surface area contributed by atoms with E-state index in [2.05, 4.69) is 19.8 Å². The SMILES string of the molecule is CC(C)(C)C(=O)OCOC(=O)C1(C)CS[C@@H]2C(NC(=O)C(=NOCc3ccc(CN)cc3)c3nsc(N)n3)C(=O)N2C1.Cl. The highest BCUT2D eigenvalue weighted by molar-refractivity contribution is 8.00. The molecule has 2 fully saturated rings. The fourth-order valence-electron chi connectivity index (χ4n) is 4.02. The van der Waals surface area contributed by atoms with Gasteiger partial charge < -0.3 is 36.0 Å². The van der Waals surface area contributed by atoms with Crippen LogP contribution >= 0.6 is 35.7 Å². The Labute approximate surface area is 262 Å². The van der Waals surface area contributed by atoms with Crippen LogP contribution in [-0.4, -0.2) is 74.2 Å². The van der Waals surface area contributed by atoms with E-state index in [1.54, 1.807) is 27.7 Å². The van der Waals surface area contributed by atoms with Crippen LogP contribution < -0.4 is 16.8 Å². The van der Waals surface area contributed by atoms with Gasteiger partial charge in [-0.2, -0.15) is 9.36 Å². The Balaban J connectivity index is 0.00000506. The maximum absolute atomic E-state index is 13.2. The Hall–Kier alpha value is -3.47. The molecular weight excluding hydrogens is 622 g/mol. The number of ether oxygens (including phenoxy) is 2. The first-order valence-electron chi connectivity index (χ1n) is 13.0. The van der Waals surface area contributed by atoms with Crippen molar-refractivity contribution in [1.29, 1.82) is 0 Å². The van der Waals surface area contributed by atoms with Gasteiger partial charge in [0.2, 0.25) is 24.2 Å². The molecule has 0 saturated carbocycles. The second-order valence-electron chi connectivity index (χ2n) is 11.1. The molecule has 0 bridgehead atoms. The summed E-state index contributed by atoms with van der Waals surface area (Å²) in [5, 5.41) is 6.38. The van der Waals surface area contributed by atoms with Crippen LogP contribution in [0.25, 0.3) is 0 Å². The highest BCUT2D eigenvalue weighted by atomic mass is 35.5. The molecule has 43 heavy (non-hydrogen) atoms. The number of nitrogens with two attached hydrogens (primary N) is 2. The lowest BCUT2D eigenvalue weighted by Crippen LogP contribution is -2.73. The van der Waals surface area contributed by atoms with Gasteiger partial charge in [-0.1, -0.05) is 29.4 Å². The molecule has 234 valence electrons. The Morgan fingerprint density at radius 1 is 1.19 bits per heavy atom. The van der Waals surface area contributed by atoms with Crippen LogP contribution in [-0.2, 0) is 46.6 Å². The molecule has 5 N–H and O–H groups in total. The topological polar surface area (TPSA) is 201 Å². The maximum Gasteiger partial charge on any atom is 0.317 e. The summed E-state index contributed by atoms with van der Waals surface area (Å²) in [5.74, 6) is -1.89. The number of aromatic nitrogens is 2. The number of β-lactam (4-membered cyclic amide) rings is 1. The Morgan fingerprint density at radius 3 is 2.47 bits per heavy atom. The smallest absolute Gasteiger partial charge is 0.317 e. The van der Waals surface area contributed by atoms with E-state index in [0.29, 0.717) is 12.3 Å². The highest BCUT2D eigenvalue weighted by Crippen LogP contribution is 2.42. The standard InChI is InChI=1S/C26H33N7O7S2.ClH/c1-25(2,3)22(36)38-13-39-23(37)26(4)11-33-20(35)17(21(33)41-12-26)29-19(34)16(18-30-24(28)42-32-18)31-40-10-15-7-5-14(9-27)6-8-15;/h5-8,17,21H,9-13,27H2,1-4H3,(H,29,34)(H2,28,30,32);1H/t17?,21-,26?;/m1./s1. The van der Waals surface area contributed by atoms with Crippen molar-refractivity contribution in [3.8, 4) is 0 Å². The summed E-state index contributed by atoms with van der Waals surface area (Å²) < 4.78 is 14.3. The predicted octanol–water partition coefficient (Wildman–Crippen LogP) is 1.42. The van der Waals surface area contributed by atoms with Crippen LogP contribution in [0.3, 0.4) is 0 Å². The molecule has 1 aromatic carbocycles. The zero-order valence-corrected chi connectivity index (χ0v) is 26.5. The van der Waals surface area contributed by atoms with Gasteiger partial charge >= 0.3 is 11.9 Å². The molecule has 2 aliphatic heterocycles. The van der Waals surface area contributed by atoms with Gasteiger partial charge in [0.1, 0.15) is 18.0 Å². The molecule has 17 heteroatoms. The fourth-order valence-corrected chi connectivity index (χ4v) is 5.94. The fraction of sp³-hybridized carbons (Fsp3) is 0.500. The van der Waals surface area contributed by atoms with E-state index >= 15 is 0 Å². The number of amides is 2. The third-order valence-electron chi connectivity index (χ3n) is 6.52. The molecule has 2 aromatic rings. The Kier molecular flexibility index (Phi) is 11.0. The quantitative estimate of drug-likeness (QED) is 0.109. The molecule has 3 heterocycles. The second-order valence-corrected chi connectivity index (χ2v) is 13.0. The number of nitrogen functional groups attached to an aromatic ring is 1. The van der Waals surface area contributed by atoms with Crippen LogP contribution in [0.1, 0.15) is 44.6 Å². The number of nitrogens with zero attached hydrogens (tertiary/aromatic N) is 4. The molecule has 2 saturated heterocycles. The van der Waals surface area contributed by atoms with Crippen molar-refractivity contribution >= 4 is 70.3 Å². The van der Waals surface area contributed by atoms with Crippen molar-refractivity contribution in [3.05, 3.63) is 41.2 Å². The molecule has 4 rings (SSSR count). The molecule has 0 radical (unpaired) electrons. The minimum Gasteiger partial charge on any atom is -0.427 e. The van der Waals surface area contributed by atoms with Crippen molar-refractivity contribution in [1.82, 2.24) is 19.6 Å². The number of nitrogens with one attached hydrogen (secondary N) is 1. The third-order valence-corrected chi connectivity index (χ3v) is 8.73. The van der Waals surface area contributed by atoms with E-state index in [4.69, 9.17) is 25.8 Å². The average Bonchev–Trinajstić information content (AvgIpc) is 3.39. The predicted molar refractivity (Wildman–Crippen MR) is 162 cm³/mol. The van der Waals surface area contributed by atoms with Crippen molar-refractivity contribution in [2.75, 3.05) is 24.8 Å². The number of benzene rings is 1. The summed E-state index contributed by atoms with van der Waals surface area (Å²) in [6, 6.07) is 6.53. The van der Waals surface area contributed by atoms with Gasteiger partial charge in [0, 0.05) is 30.4 Å². The minimum absolute atomic E-state index is 0. The van der Waals surface area contributed by atoms with Gasteiger partial charge in [-0.05, 0) is 38.8 Å².